The fourth-order valence-electron chi connectivity index (χ4n) is 3.56. The van der Waals surface area contributed by atoms with Crippen LogP contribution in [-0.4, -0.2) is 59.4 Å². The minimum atomic E-state index is 0.337. The number of piperazine rings is 1. The second-order valence-corrected chi connectivity index (χ2v) is 7.22. The van der Waals surface area contributed by atoms with E-state index in [1.165, 1.54) is 16.8 Å². The molecule has 5 nitrogen and oxygen atoms in total. The van der Waals surface area contributed by atoms with Gasteiger partial charge in [-0.25, -0.2) is 0 Å². The fraction of sp³-hybridized carbons (Fsp3) is 0.550. The van der Waals surface area contributed by atoms with Crippen molar-refractivity contribution < 1.29 is 0 Å². The first-order chi connectivity index (χ1) is 12.0. The van der Waals surface area contributed by atoms with Crippen LogP contribution in [0.4, 0.5) is 0 Å². The highest BCUT2D eigenvalue weighted by Gasteiger charge is 2.20. The predicted molar refractivity (Wildman–Crippen MR) is 103 cm³/mol. The Labute approximate surface area is 151 Å². The van der Waals surface area contributed by atoms with Gasteiger partial charge in [0.25, 0.3) is 0 Å². The smallest absolute Gasteiger partial charge is 0.0641 e. The van der Waals surface area contributed by atoms with Gasteiger partial charge in [-0.15, -0.1) is 0 Å². The molecule has 0 saturated carbocycles. The van der Waals surface area contributed by atoms with Crippen LogP contribution in [0, 0.1) is 13.8 Å². The van der Waals surface area contributed by atoms with Gasteiger partial charge in [-0.3, -0.25) is 9.58 Å². The Hall–Kier alpha value is -1.69. The van der Waals surface area contributed by atoms with Crippen molar-refractivity contribution in [1.82, 2.24) is 24.9 Å². The van der Waals surface area contributed by atoms with Crippen molar-refractivity contribution in [2.45, 2.75) is 26.4 Å². The van der Waals surface area contributed by atoms with Crippen molar-refractivity contribution in [2.24, 2.45) is 7.05 Å². The summed E-state index contributed by atoms with van der Waals surface area (Å²) in [5.41, 5.74) is 5.05. The molecule has 0 radical (unpaired) electrons. The molecule has 0 amide bonds. The average Bonchev–Trinajstić information content (AvgIpc) is 2.86. The number of likely N-dealkylation sites (N-methyl/N-ethyl adjacent to an activating group) is 1. The number of benzene rings is 1. The second-order valence-electron chi connectivity index (χ2n) is 7.22. The highest BCUT2D eigenvalue weighted by atomic mass is 15.3. The van der Waals surface area contributed by atoms with E-state index in [2.05, 4.69) is 71.4 Å². The maximum atomic E-state index is 4.55. The van der Waals surface area contributed by atoms with Crippen LogP contribution in [0.3, 0.4) is 0 Å². The number of hydrogen-bond acceptors (Lipinski definition) is 4. The summed E-state index contributed by atoms with van der Waals surface area (Å²) >= 11 is 0. The Bertz CT molecular complexity index is 671. The van der Waals surface area contributed by atoms with Crippen LogP contribution in [0.25, 0.3) is 0 Å². The molecule has 0 bridgehead atoms. The maximum Gasteiger partial charge on any atom is 0.0641 e. The number of nitrogens with zero attached hydrogens (tertiary/aromatic N) is 4. The molecule has 136 valence electrons. The summed E-state index contributed by atoms with van der Waals surface area (Å²) < 4.78 is 1.98. The number of nitrogens with one attached hydrogen (secondary N) is 1. The van der Waals surface area contributed by atoms with E-state index in [1.54, 1.807) is 0 Å². The lowest BCUT2D eigenvalue weighted by molar-refractivity contribution is 0.142. The molecule has 1 saturated heterocycles. The summed E-state index contributed by atoms with van der Waals surface area (Å²) in [4.78, 5) is 4.98. The highest BCUT2D eigenvalue weighted by molar-refractivity contribution is 5.25. The molecule has 5 heteroatoms. The number of aromatic nitrogens is 2. The molecule has 3 rings (SSSR count). The van der Waals surface area contributed by atoms with Crippen molar-refractivity contribution in [2.75, 3.05) is 39.8 Å². The Morgan fingerprint density at radius 2 is 1.72 bits per heavy atom. The SMILES string of the molecule is Cc1nn(C)c(C)c1CN[C@@H](CN1CCN(C)CC1)c1ccccc1. The quantitative estimate of drug-likeness (QED) is 0.873. The highest BCUT2D eigenvalue weighted by Crippen LogP contribution is 2.18. The zero-order valence-corrected chi connectivity index (χ0v) is 16.0. The molecular formula is C20H31N5. The molecule has 25 heavy (non-hydrogen) atoms. The second kappa shape index (κ2) is 8.13. The zero-order valence-electron chi connectivity index (χ0n) is 16.0. The van der Waals surface area contributed by atoms with Crippen LogP contribution >= 0.6 is 0 Å². The van der Waals surface area contributed by atoms with Crippen LogP contribution < -0.4 is 5.32 Å². The normalized spacial score (nSPS) is 17.8. The van der Waals surface area contributed by atoms with Crippen molar-refractivity contribution >= 4 is 0 Å². The Morgan fingerprint density at radius 1 is 1.04 bits per heavy atom. The standard InChI is InChI=1S/C20H31N5/c1-16-19(17(2)24(4)22-16)14-21-20(18-8-6-5-7-9-18)15-25-12-10-23(3)11-13-25/h5-9,20-21H,10-15H2,1-4H3/t20-/m0/s1. The number of hydrogen-bond donors (Lipinski definition) is 1. The molecule has 1 aliphatic rings. The zero-order chi connectivity index (χ0) is 17.8. The third-order valence-corrected chi connectivity index (χ3v) is 5.42. The molecule has 1 atom stereocenters. The topological polar surface area (TPSA) is 36.3 Å². The lowest BCUT2D eigenvalue weighted by atomic mass is 10.0. The number of rotatable bonds is 6. The molecule has 2 heterocycles. The first-order valence-corrected chi connectivity index (χ1v) is 9.23. The van der Waals surface area contributed by atoms with E-state index in [0.717, 1.165) is 45.0 Å². The van der Waals surface area contributed by atoms with Gasteiger partial charge in [0.05, 0.1) is 5.69 Å². The molecule has 1 aromatic carbocycles. The lowest BCUT2D eigenvalue weighted by Crippen LogP contribution is -2.47. The lowest BCUT2D eigenvalue weighted by Gasteiger charge is -2.35. The summed E-state index contributed by atoms with van der Waals surface area (Å²) in [6.07, 6.45) is 0. The van der Waals surface area contributed by atoms with Crippen molar-refractivity contribution in [3.8, 4) is 0 Å². The largest absolute Gasteiger partial charge is 0.305 e. The molecule has 1 aromatic heterocycles. The minimum absolute atomic E-state index is 0.337. The third kappa shape index (κ3) is 4.48. The average molecular weight is 342 g/mol. The van der Waals surface area contributed by atoms with E-state index >= 15 is 0 Å². The molecule has 2 aromatic rings. The summed E-state index contributed by atoms with van der Waals surface area (Å²) in [5.74, 6) is 0. The summed E-state index contributed by atoms with van der Waals surface area (Å²) in [6.45, 7) is 10.8. The summed E-state index contributed by atoms with van der Waals surface area (Å²) in [5, 5.41) is 8.34. The Kier molecular flexibility index (Phi) is 5.89. The molecule has 1 fully saturated rings. The van der Waals surface area contributed by atoms with Gasteiger partial charge in [0.15, 0.2) is 0 Å². The fourth-order valence-corrected chi connectivity index (χ4v) is 3.56. The van der Waals surface area contributed by atoms with E-state index in [4.69, 9.17) is 0 Å². The van der Waals surface area contributed by atoms with Gasteiger partial charge in [0.1, 0.15) is 0 Å². The van der Waals surface area contributed by atoms with Crippen LogP contribution in [0.15, 0.2) is 30.3 Å². The molecule has 1 aliphatic heterocycles. The van der Waals surface area contributed by atoms with Gasteiger partial charge >= 0.3 is 0 Å². The van der Waals surface area contributed by atoms with Crippen molar-refractivity contribution in [3.63, 3.8) is 0 Å². The van der Waals surface area contributed by atoms with Crippen LogP contribution in [0.2, 0.25) is 0 Å². The Balaban J connectivity index is 1.70. The minimum Gasteiger partial charge on any atom is -0.305 e. The van der Waals surface area contributed by atoms with Gasteiger partial charge in [-0.1, -0.05) is 30.3 Å². The van der Waals surface area contributed by atoms with Crippen LogP contribution in [0.1, 0.15) is 28.6 Å². The van der Waals surface area contributed by atoms with Gasteiger partial charge in [0.2, 0.25) is 0 Å². The predicted octanol–water partition coefficient (Wildman–Crippen LogP) is 2.12. The van der Waals surface area contributed by atoms with Gasteiger partial charge in [0, 0.05) is 63.6 Å². The van der Waals surface area contributed by atoms with E-state index < -0.39 is 0 Å². The van der Waals surface area contributed by atoms with Gasteiger partial charge in [-0.2, -0.15) is 5.10 Å². The van der Waals surface area contributed by atoms with Crippen molar-refractivity contribution in [1.29, 1.82) is 0 Å². The molecule has 0 unspecified atom stereocenters. The molecule has 1 N–H and O–H groups in total. The van der Waals surface area contributed by atoms with Crippen LogP contribution in [0.5, 0.6) is 0 Å². The van der Waals surface area contributed by atoms with Gasteiger partial charge < -0.3 is 10.2 Å². The van der Waals surface area contributed by atoms with E-state index in [0.29, 0.717) is 6.04 Å². The first-order valence-electron chi connectivity index (χ1n) is 9.23. The van der Waals surface area contributed by atoms with Gasteiger partial charge in [-0.05, 0) is 26.5 Å². The van der Waals surface area contributed by atoms with E-state index in [-0.39, 0.29) is 0 Å². The summed E-state index contributed by atoms with van der Waals surface area (Å²) in [7, 11) is 4.23. The Morgan fingerprint density at radius 3 is 2.32 bits per heavy atom. The van der Waals surface area contributed by atoms with E-state index in [9.17, 15) is 0 Å². The van der Waals surface area contributed by atoms with Crippen LogP contribution in [-0.2, 0) is 13.6 Å². The van der Waals surface area contributed by atoms with Crippen molar-refractivity contribution in [3.05, 3.63) is 52.8 Å². The first kappa shape index (κ1) is 18.1. The molecule has 0 aliphatic carbocycles. The summed E-state index contributed by atoms with van der Waals surface area (Å²) in [6, 6.07) is 11.2. The number of aryl methyl sites for hydroxylation is 2. The molecule has 0 spiro atoms. The third-order valence-electron chi connectivity index (χ3n) is 5.42. The maximum absolute atomic E-state index is 4.55. The van der Waals surface area contributed by atoms with E-state index in [1.807, 2.05) is 11.7 Å². The molecular weight excluding hydrogens is 310 g/mol. The monoisotopic (exact) mass is 341 g/mol.